The Labute approximate surface area is 92.4 Å². The van der Waals surface area contributed by atoms with Gasteiger partial charge in [0, 0.05) is 13.0 Å². The summed E-state index contributed by atoms with van der Waals surface area (Å²) < 4.78 is 4.96. The fourth-order valence-electron chi connectivity index (χ4n) is 0.655. The maximum Gasteiger partial charge on any atom is 0.407 e. The summed E-state index contributed by atoms with van der Waals surface area (Å²) in [6, 6.07) is 0. The molecule has 0 aromatic carbocycles. The van der Waals surface area contributed by atoms with Crippen LogP contribution in [-0.2, 0) is 9.53 Å². The fraction of sp³-hybridized carbons (Fsp3) is 0.818. The molecule has 0 atom stereocenters. The molecular formula is C11H23NO3. The summed E-state index contributed by atoms with van der Waals surface area (Å²) in [6.45, 7) is 11.2. The number of amides is 1. The molecule has 0 aliphatic carbocycles. The Morgan fingerprint density at radius 1 is 1.20 bits per heavy atom. The molecule has 0 spiro atoms. The van der Waals surface area contributed by atoms with Gasteiger partial charge in [0.2, 0.25) is 0 Å². The highest BCUT2D eigenvalue weighted by molar-refractivity contribution is 5.76. The van der Waals surface area contributed by atoms with Crippen molar-refractivity contribution in [3.63, 3.8) is 0 Å². The number of hydrogen-bond donors (Lipinski definition) is 1. The zero-order valence-electron chi connectivity index (χ0n) is 10.6. The van der Waals surface area contributed by atoms with E-state index in [1.54, 1.807) is 20.8 Å². The molecule has 0 fully saturated rings. The average Bonchev–Trinajstić information content (AvgIpc) is 2.03. The highest BCUT2D eigenvalue weighted by atomic mass is 16.6. The SMILES string of the molecule is CC.CC(=O)CCNC(=O)OC(C)(C)C. The molecule has 4 nitrogen and oxygen atoms in total. The summed E-state index contributed by atoms with van der Waals surface area (Å²) in [5.74, 6) is 0.0519. The van der Waals surface area contributed by atoms with Crippen molar-refractivity contribution < 1.29 is 14.3 Å². The number of hydrogen-bond acceptors (Lipinski definition) is 3. The Balaban J connectivity index is 0. The van der Waals surface area contributed by atoms with Crippen molar-refractivity contribution in [3.8, 4) is 0 Å². The lowest BCUT2D eigenvalue weighted by molar-refractivity contribution is -0.116. The molecular weight excluding hydrogens is 194 g/mol. The Kier molecular flexibility index (Phi) is 9.02. The molecule has 0 saturated heterocycles. The lowest BCUT2D eigenvalue weighted by Gasteiger charge is -2.19. The van der Waals surface area contributed by atoms with Crippen molar-refractivity contribution in [2.45, 2.75) is 53.6 Å². The maximum absolute atomic E-state index is 11.0. The van der Waals surface area contributed by atoms with E-state index in [0.29, 0.717) is 13.0 Å². The van der Waals surface area contributed by atoms with Crippen LogP contribution in [0.25, 0.3) is 0 Å². The molecule has 0 aromatic heterocycles. The van der Waals surface area contributed by atoms with Crippen molar-refractivity contribution in [1.82, 2.24) is 5.32 Å². The van der Waals surface area contributed by atoms with E-state index in [1.807, 2.05) is 13.8 Å². The van der Waals surface area contributed by atoms with E-state index in [9.17, 15) is 9.59 Å². The Bertz CT molecular complexity index is 194. The number of nitrogens with one attached hydrogen (secondary N) is 1. The molecule has 0 unspecified atom stereocenters. The summed E-state index contributed by atoms with van der Waals surface area (Å²) in [5, 5.41) is 2.49. The van der Waals surface area contributed by atoms with Crippen molar-refractivity contribution in [2.75, 3.05) is 6.54 Å². The second kappa shape index (κ2) is 8.26. The Morgan fingerprint density at radius 3 is 2.00 bits per heavy atom. The molecule has 15 heavy (non-hydrogen) atoms. The molecule has 0 heterocycles. The highest BCUT2D eigenvalue weighted by Crippen LogP contribution is 2.06. The van der Waals surface area contributed by atoms with Crippen LogP contribution >= 0.6 is 0 Å². The van der Waals surface area contributed by atoms with E-state index in [0.717, 1.165) is 0 Å². The highest BCUT2D eigenvalue weighted by Gasteiger charge is 2.15. The molecule has 4 heteroatoms. The minimum absolute atomic E-state index is 0.0519. The van der Waals surface area contributed by atoms with Crippen molar-refractivity contribution >= 4 is 11.9 Å². The number of alkyl carbamates (subject to hydrolysis) is 1. The van der Waals surface area contributed by atoms with Crippen LogP contribution in [0.2, 0.25) is 0 Å². The monoisotopic (exact) mass is 217 g/mol. The molecule has 0 rings (SSSR count). The van der Waals surface area contributed by atoms with E-state index in [2.05, 4.69) is 5.32 Å². The van der Waals surface area contributed by atoms with Gasteiger partial charge < -0.3 is 10.1 Å². The van der Waals surface area contributed by atoms with E-state index in [-0.39, 0.29) is 5.78 Å². The normalized spacial score (nSPS) is 9.73. The standard InChI is InChI=1S/C9H17NO3.C2H6/c1-7(11)5-6-10-8(12)13-9(2,3)4;1-2/h5-6H2,1-4H3,(H,10,12);1-2H3. The number of Topliss-reactive ketones (excluding diaryl/α,β-unsaturated/α-hetero) is 1. The van der Waals surface area contributed by atoms with Crippen LogP contribution < -0.4 is 5.32 Å². The van der Waals surface area contributed by atoms with E-state index in [4.69, 9.17) is 4.74 Å². The van der Waals surface area contributed by atoms with E-state index < -0.39 is 11.7 Å². The number of carbonyl (C=O) groups is 2. The quantitative estimate of drug-likeness (QED) is 0.790. The summed E-state index contributed by atoms with van der Waals surface area (Å²) >= 11 is 0. The maximum atomic E-state index is 11.0. The number of carbonyl (C=O) groups excluding carboxylic acids is 2. The molecule has 0 radical (unpaired) electrons. The van der Waals surface area contributed by atoms with Crippen LogP contribution in [0, 0.1) is 0 Å². The Hall–Kier alpha value is -1.06. The summed E-state index contributed by atoms with van der Waals surface area (Å²) in [4.78, 5) is 21.5. The molecule has 0 aliphatic heterocycles. The minimum atomic E-state index is -0.486. The Morgan fingerprint density at radius 2 is 1.67 bits per heavy atom. The first kappa shape index (κ1) is 16.4. The molecule has 0 aliphatic rings. The van der Waals surface area contributed by atoms with Gasteiger partial charge in [0.05, 0.1) is 0 Å². The van der Waals surface area contributed by atoms with Crippen LogP contribution in [0.15, 0.2) is 0 Å². The molecule has 0 bridgehead atoms. The van der Waals surface area contributed by atoms with Gasteiger partial charge in [-0.2, -0.15) is 0 Å². The third kappa shape index (κ3) is 15.7. The van der Waals surface area contributed by atoms with E-state index >= 15 is 0 Å². The third-order valence-corrected chi connectivity index (χ3v) is 1.15. The van der Waals surface area contributed by atoms with Gasteiger partial charge in [-0.1, -0.05) is 13.8 Å². The zero-order valence-corrected chi connectivity index (χ0v) is 10.6. The number of rotatable bonds is 3. The molecule has 90 valence electrons. The van der Waals surface area contributed by atoms with Gasteiger partial charge in [-0.25, -0.2) is 4.79 Å². The third-order valence-electron chi connectivity index (χ3n) is 1.15. The van der Waals surface area contributed by atoms with Gasteiger partial charge in [0.15, 0.2) is 0 Å². The van der Waals surface area contributed by atoms with Crippen LogP contribution in [-0.4, -0.2) is 24.0 Å². The minimum Gasteiger partial charge on any atom is -0.444 e. The lowest BCUT2D eigenvalue weighted by atomic mass is 10.2. The second-order valence-electron chi connectivity index (χ2n) is 3.88. The van der Waals surface area contributed by atoms with Gasteiger partial charge >= 0.3 is 6.09 Å². The van der Waals surface area contributed by atoms with Crippen LogP contribution in [0.1, 0.15) is 48.0 Å². The van der Waals surface area contributed by atoms with Crippen LogP contribution in [0.4, 0.5) is 4.79 Å². The predicted molar refractivity (Wildman–Crippen MR) is 60.9 cm³/mol. The number of ether oxygens (including phenoxy) is 1. The molecule has 1 N–H and O–H groups in total. The van der Waals surface area contributed by atoms with Crippen molar-refractivity contribution in [3.05, 3.63) is 0 Å². The van der Waals surface area contributed by atoms with Gasteiger partial charge in [-0.05, 0) is 27.7 Å². The second-order valence-corrected chi connectivity index (χ2v) is 3.88. The fourth-order valence-corrected chi connectivity index (χ4v) is 0.655. The first-order valence-corrected chi connectivity index (χ1v) is 5.27. The molecule has 1 amide bonds. The lowest BCUT2D eigenvalue weighted by Crippen LogP contribution is -2.33. The van der Waals surface area contributed by atoms with Gasteiger partial charge in [0.25, 0.3) is 0 Å². The summed E-state index contributed by atoms with van der Waals surface area (Å²) in [7, 11) is 0. The summed E-state index contributed by atoms with van der Waals surface area (Å²) in [6.07, 6.45) is -0.132. The first-order valence-electron chi connectivity index (χ1n) is 5.27. The zero-order chi connectivity index (χ0) is 12.5. The van der Waals surface area contributed by atoms with Gasteiger partial charge in [-0.15, -0.1) is 0 Å². The van der Waals surface area contributed by atoms with Crippen molar-refractivity contribution in [2.24, 2.45) is 0 Å². The topological polar surface area (TPSA) is 55.4 Å². The summed E-state index contributed by atoms with van der Waals surface area (Å²) in [5.41, 5.74) is -0.486. The molecule has 0 saturated carbocycles. The van der Waals surface area contributed by atoms with Crippen LogP contribution in [0.5, 0.6) is 0 Å². The number of ketones is 1. The predicted octanol–water partition coefficient (Wildman–Crippen LogP) is 2.52. The van der Waals surface area contributed by atoms with Crippen molar-refractivity contribution in [1.29, 1.82) is 0 Å². The average molecular weight is 217 g/mol. The smallest absolute Gasteiger partial charge is 0.407 e. The molecule has 0 aromatic rings. The van der Waals surface area contributed by atoms with Crippen LogP contribution in [0.3, 0.4) is 0 Å². The van der Waals surface area contributed by atoms with E-state index in [1.165, 1.54) is 6.92 Å². The van der Waals surface area contributed by atoms with Gasteiger partial charge in [-0.3, -0.25) is 4.79 Å². The first-order chi connectivity index (χ1) is 6.81. The largest absolute Gasteiger partial charge is 0.444 e. The van der Waals surface area contributed by atoms with Gasteiger partial charge in [0.1, 0.15) is 11.4 Å².